The Morgan fingerprint density at radius 2 is 2.00 bits per heavy atom. The van der Waals surface area contributed by atoms with Crippen LogP contribution in [0, 0.1) is 6.92 Å². The Labute approximate surface area is 175 Å². The first-order valence-corrected chi connectivity index (χ1v) is 12.4. The molecule has 2 saturated heterocycles. The number of carbonyl (C=O) groups is 1. The van der Waals surface area contributed by atoms with Crippen LogP contribution in [0.2, 0.25) is 0 Å². The molecule has 2 fully saturated rings. The zero-order chi connectivity index (χ0) is 20.6. The van der Waals surface area contributed by atoms with E-state index >= 15 is 0 Å². The smallest absolute Gasteiger partial charge is 0.265 e. The lowest BCUT2D eigenvalue weighted by molar-refractivity contribution is 0.0591. The topological polar surface area (TPSA) is 79.8 Å². The summed E-state index contributed by atoms with van der Waals surface area (Å²) in [6.45, 7) is 4.52. The first-order chi connectivity index (χ1) is 13.9. The highest BCUT2D eigenvalue weighted by molar-refractivity contribution is 7.91. The van der Waals surface area contributed by atoms with Gasteiger partial charge in [0, 0.05) is 37.8 Å². The summed E-state index contributed by atoms with van der Waals surface area (Å²) in [7, 11) is -1.26. The third-order valence-corrected chi connectivity index (χ3v) is 8.58. The summed E-state index contributed by atoms with van der Waals surface area (Å²) in [4.78, 5) is 22.4. The van der Waals surface area contributed by atoms with Gasteiger partial charge in [-0.25, -0.2) is 13.4 Å². The third kappa shape index (κ3) is 4.31. The van der Waals surface area contributed by atoms with Crippen molar-refractivity contribution in [1.82, 2.24) is 14.8 Å². The normalized spacial score (nSPS) is 22.0. The number of ether oxygens (including phenoxy) is 1. The fourth-order valence-corrected chi connectivity index (χ4v) is 6.76. The molecule has 1 aromatic carbocycles. The number of hydrogen-bond donors (Lipinski definition) is 0. The first-order valence-electron chi connectivity index (χ1n) is 9.72. The molecule has 29 heavy (non-hydrogen) atoms. The van der Waals surface area contributed by atoms with Gasteiger partial charge in [0.05, 0.1) is 24.3 Å². The van der Waals surface area contributed by atoms with Crippen molar-refractivity contribution >= 4 is 27.1 Å². The van der Waals surface area contributed by atoms with Crippen molar-refractivity contribution in [1.29, 1.82) is 0 Å². The quantitative estimate of drug-likeness (QED) is 0.732. The van der Waals surface area contributed by atoms with Crippen LogP contribution in [0.1, 0.15) is 21.8 Å². The van der Waals surface area contributed by atoms with Crippen LogP contribution >= 0.6 is 11.3 Å². The second-order valence-electron chi connectivity index (χ2n) is 7.55. The average molecular weight is 436 g/mol. The van der Waals surface area contributed by atoms with Gasteiger partial charge >= 0.3 is 0 Å². The van der Waals surface area contributed by atoms with Gasteiger partial charge in [-0.15, -0.1) is 11.3 Å². The monoisotopic (exact) mass is 435 g/mol. The van der Waals surface area contributed by atoms with Crippen molar-refractivity contribution in [2.75, 3.05) is 44.8 Å². The molecular formula is C20H25N3O4S2. The average Bonchev–Trinajstić information content (AvgIpc) is 3.29. The number of aromatic nitrogens is 1. The van der Waals surface area contributed by atoms with Crippen LogP contribution in [0.15, 0.2) is 24.3 Å². The van der Waals surface area contributed by atoms with E-state index in [1.165, 1.54) is 11.3 Å². The Morgan fingerprint density at radius 3 is 2.66 bits per heavy atom. The maximum Gasteiger partial charge on any atom is 0.265 e. The number of methoxy groups -OCH3 is 1. The van der Waals surface area contributed by atoms with Crippen molar-refractivity contribution in [2.24, 2.45) is 0 Å². The van der Waals surface area contributed by atoms with E-state index in [1.54, 1.807) is 7.11 Å². The number of carbonyl (C=O) groups excluding carboxylic acids is 1. The minimum absolute atomic E-state index is 0.00726. The van der Waals surface area contributed by atoms with Crippen molar-refractivity contribution < 1.29 is 17.9 Å². The molecule has 0 N–H and O–H groups in total. The molecule has 4 rings (SSSR count). The van der Waals surface area contributed by atoms with Gasteiger partial charge in [-0.1, -0.05) is 12.1 Å². The fraction of sp³-hybridized carbons (Fsp3) is 0.500. The van der Waals surface area contributed by atoms with E-state index in [0.717, 1.165) is 22.0 Å². The molecule has 0 unspecified atom stereocenters. The fourth-order valence-electron chi connectivity index (χ4n) is 3.97. The van der Waals surface area contributed by atoms with Crippen molar-refractivity contribution in [2.45, 2.75) is 19.4 Å². The predicted molar refractivity (Wildman–Crippen MR) is 113 cm³/mol. The van der Waals surface area contributed by atoms with E-state index < -0.39 is 9.84 Å². The van der Waals surface area contributed by atoms with Crippen LogP contribution < -0.4 is 4.74 Å². The van der Waals surface area contributed by atoms with Crippen LogP contribution in [0.3, 0.4) is 0 Å². The van der Waals surface area contributed by atoms with Gasteiger partial charge in [-0.3, -0.25) is 9.69 Å². The van der Waals surface area contributed by atoms with Crippen molar-refractivity contribution in [3.8, 4) is 16.3 Å². The van der Waals surface area contributed by atoms with Crippen molar-refractivity contribution in [3.05, 3.63) is 34.8 Å². The van der Waals surface area contributed by atoms with Gasteiger partial charge < -0.3 is 9.64 Å². The molecule has 0 spiro atoms. The van der Waals surface area contributed by atoms with Gasteiger partial charge in [0.15, 0.2) is 9.84 Å². The number of aryl methyl sites for hydroxylation is 1. The Balaban J connectivity index is 1.43. The zero-order valence-corrected chi connectivity index (χ0v) is 18.3. The van der Waals surface area contributed by atoms with Crippen LogP contribution in [-0.4, -0.2) is 79.9 Å². The molecule has 0 saturated carbocycles. The molecule has 1 atom stereocenters. The standard InChI is InChI=1S/C20H25N3O4S2/c1-14-18(28-19(21-14)15-4-3-5-17(12-15)27-2)20(24)23-9-7-22(8-10-23)16-6-11-29(25,26)13-16/h3-5,12,16H,6-11,13H2,1-2H3/t16-/m1/s1. The number of thiazole rings is 1. The van der Waals surface area contributed by atoms with E-state index in [1.807, 2.05) is 36.1 Å². The summed E-state index contributed by atoms with van der Waals surface area (Å²) < 4.78 is 28.7. The molecule has 0 radical (unpaired) electrons. The number of hydrogen-bond acceptors (Lipinski definition) is 7. The Hall–Kier alpha value is -1.97. The summed E-state index contributed by atoms with van der Waals surface area (Å²) in [5, 5.41) is 0.805. The molecule has 3 heterocycles. The molecular weight excluding hydrogens is 410 g/mol. The summed E-state index contributed by atoms with van der Waals surface area (Å²) in [6.07, 6.45) is 0.703. The molecule has 9 heteroatoms. The SMILES string of the molecule is COc1cccc(-c2nc(C)c(C(=O)N3CCN([C@@H]4CCS(=O)(=O)C4)CC3)s2)c1. The highest BCUT2D eigenvalue weighted by Crippen LogP contribution is 2.31. The molecule has 2 aliphatic rings. The van der Waals surface area contributed by atoms with Crippen molar-refractivity contribution in [3.63, 3.8) is 0 Å². The minimum Gasteiger partial charge on any atom is -0.497 e. The van der Waals surface area contributed by atoms with E-state index in [-0.39, 0.29) is 23.5 Å². The minimum atomic E-state index is -2.89. The van der Waals surface area contributed by atoms with Crippen LogP contribution in [0.4, 0.5) is 0 Å². The van der Waals surface area contributed by atoms with Gasteiger partial charge in [0.25, 0.3) is 5.91 Å². The predicted octanol–water partition coefficient (Wildman–Crippen LogP) is 2.07. The van der Waals surface area contributed by atoms with E-state index in [4.69, 9.17) is 4.74 Å². The van der Waals surface area contributed by atoms with Gasteiger partial charge in [-0.2, -0.15) is 0 Å². The maximum atomic E-state index is 13.1. The lowest BCUT2D eigenvalue weighted by atomic mass is 10.2. The zero-order valence-electron chi connectivity index (χ0n) is 16.6. The molecule has 0 bridgehead atoms. The maximum absolute atomic E-state index is 13.1. The molecule has 156 valence electrons. The summed E-state index contributed by atoms with van der Waals surface area (Å²) in [5.74, 6) is 1.30. The highest BCUT2D eigenvalue weighted by Gasteiger charge is 2.35. The summed E-state index contributed by atoms with van der Waals surface area (Å²) in [6, 6.07) is 7.77. The van der Waals surface area contributed by atoms with Gasteiger partial charge in [0.1, 0.15) is 15.6 Å². The molecule has 2 aliphatic heterocycles. The van der Waals surface area contributed by atoms with Crippen LogP contribution in [-0.2, 0) is 9.84 Å². The first kappa shape index (κ1) is 20.3. The molecule has 2 aromatic rings. The number of piperazine rings is 1. The second-order valence-corrected chi connectivity index (χ2v) is 10.8. The number of rotatable bonds is 4. The highest BCUT2D eigenvalue weighted by atomic mass is 32.2. The summed E-state index contributed by atoms with van der Waals surface area (Å²) >= 11 is 1.41. The number of benzene rings is 1. The van der Waals surface area contributed by atoms with Gasteiger partial charge in [-0.05, 0) is 25.5 Å². The van der Waals surface area contributed by atoms with E-state index in [9.17, 15) is 13.2 Å². The lowest BCUT2D eigenvalue weighted by Crippen LogP contribution is -2.52. The molecule has 7 nitrogen and oxygen atoms in total. The van der Waals surface area contributed by atoms with Crippen LogP contribution in [0.25, 0.3) is 10.6 Å². The van der Waals surface area contributed by atoms with E-state index in [0.29, 0.717) is 37.5 Å². The van der Waals surface area contributed by atoms with Gasteiger partial charge in [0.2, 0.25) is 0 Å². The number of sulfone groups is 1. The third-order valence-electron chi connectivity index (χ3n) is 5.63. The number of nitrogens with zero attached hydrogens (tertiary/aromatic N) is 3. The molecule has 0 aliphatic carbocycles. The lowest BCUT2D eigenvalue weighted by Gasteiger charge is -2.37. The van der Waals surface area contributed by atoms with Crippen LogP contribution in [0.5, 0.6) is 5.75 Å². The Bertz CT molecular complexity index is 1010. The largest absolute Gasteiger partial charge is 0.497 e. The molecule has 1 aromatic heterocycles. The number of amides is 1. The molecule has 1 amide bonds. The second kappa shape index (κ2) is 8.04. The summed E-state index contributed by atoms with van der Waals surface area (Å²) in [5.41, 5.74) is 1.67. The Kier molecular flexibility index (Phi) is 5.63. The van der Waals surface area contributed by atoms with E-state index in [2.05, 4.69) is 9.88 Å². The Morgan fingerprint density at radius 1 is 1.24 bits per heavy atom.